The molecule has 1 aliphatic heterocycles. The van der Waals surface area contributed by atoms with Crippen molar-refractivity contribution in [2.45, 2.75) is 40.5 Å². The summed E-state index contributed by atoms with van der Waals surface area (Å²) < 4.78 is 35.9. The van der Waals surface area contributed by atoms with Gasteiger partial charge >= 0.3 is 11.9 Å². The van der Waals surface area contributed by atoms with Crippen molar-refractivity contribution >= 4 is 63.9 Å². The van der Waals surface area contributed by atoms with Crippen molar-refractivity contribution < 1.29 is 37.7 Å². The van der Waals surface area contributed by atoms with E-state index in [2.05, 4.69) is 0 Å². The second-order valence-corrected chi connectivity index (χ2v) is 12.5. The molecule has 1 atom stereocenters. The number of Topliss-reactive ketones (excluding diaryl/α,β-unsaturated/α-hetero) is 1. The van der Waals surface area contributed by atoms with E-state index >= 15 is 0 Å². The number of ether oxygens (including phenoxy) is 4. The normalized spacial score (nSPS) is 17.6. The molecule has 0 bridgehead atoms. The van der Waals surface area contributed by atoms with E-state index in [4.69, 9.17) is 31.2 Å². The SMILES string of the molecule is CCOC(=O)C1=C(C(=O)OCC)SC(=C2C(=S)C(C)(C)[C@H](C(=O)COc3ccc(F)cc3)c3ccc(OCC)cc32)S1. The third-order valence-corrected chi connectivity index (χ3v) is 9.98. The largest absolute Gasteiger partial charge is 0.494 e. The van der Waals surface area contributed by atoms with Crippen molar-refractivity contribution in [1.29, 1.82) is 0 Å². The fourth-order valence-electron chi connectivity index (χ4n) is 4.83. The first-order valence-corrected chi connectivity index (χ1v) is 15.5. The molecule has 1 aliphatic carbocycles. The summed E-state index contributed by atoms with van der Waals surface area (Å²) >= 11 is 8.30. The van der Waals surface area contributed by atoms with Crippen LogP contribution in [-0.4, -0.2) is 49.0 Å². The van der Waals surface area contributed by atoms with Gasteiger partial charge in [-0.3, -0.25) is 4.79 Å². The average molecular weight is 631 g/mol. The van der Waals surface area contributed by atoms with E-state index in [0.717, 1.165) is 29.1 Å². The maximum atomic E-state index is 13.8. The van der Waals surface area contributed by atoms with E-state index in [9.17, 15) is 18.8 Å². The molecule has 4 rings (SSSR count). The molecule has 0 radical (unpaired) electrons. The first kappa shape index (κ1) is 31.8. The number of benzene rings is 2. The van der Waals surface area contributed by atoms with Crippen molar-refractivity contribution in [3.8, 4) is 11.5 Å². The third kappa shape index (κ3) is 6.43. The van der Waals surface area contributed by atoms with Crippen LogP contribution in [0.5, 0.6) is 11.5 Å². The number of hydrogen-bond acceptors (Lipinski definition) is 10. The van der Waals surface area contributed by atoms with Gasteiger partial charge in [0.15, 0.2) is 5.78 Å². The van der Waals surface area contributed by atoms with E-state index in [1.807, 2.05) is 32.9 Å². The van der Waals surface area contributed by atoms with Crippen molar-refractivity contribution in [3.05, 3.63) is 73.5 Å². The molecule has 0 fully saturated rings. The number of carbonyl (C=O) groups excluding carboxylic acids is 3. The molecule has 222 valence electrons. The second-order valence-electron chi connectivity index (χ2n) is 9.84. The summed E-state index contributed by atoms with van der Waals surface area (Å²) in [5.74, 6) is -1.56. The molecule has 2 aromatic carbocycles. The van der Waals surface area contributed by atoms with E-state index in [0.29, 0.717) is 38.3 Å². The zero-order chi connectivity index (χ0) is 30.6. The van der Waals surface area contributed by atoms with Crippen molar-refractivity contribution in [2.75, 3.05) is 26.4 Å². The lowest BCUT2D eigenvalue weighted by Gasteiger charge is -2.41. The minimum atomic E-state index is -0.848. The number of carbonyl (C=O) groups is 3. The maximum absolute atomic E-state index is 13.8. The lowest BCUT2D eigenvalue weighted by atomic mass is 9.63. The van der Waals surface area contributed by atoms with Gasteiger partial charge in [0, 0.05) is 15.9 Å². The standard InChI is InChI=1S/C31H31FO7S3/c1-6-36-19-13-14-20-21(15-19)23(30-41-25(28(34)37-7-2)26(42-30)29(35)38-8-3)27(40)31(4,5)24(20)22(33)16-39-18-11-9-17(32)10-12-18/h9-15,24H,6-8,16H2,1-5H3/t24-/m0/s1. The first-order chi connectivity index (χ1) is 20.0. The fourth-order valence-corrected chi connectivity index (χ4v) is 7.85. The lowest BCUT2D eigenvalue weighted by molar-refractivity contribution is -0.140. The second kappa shape index (κ2) is 13.4. The minimum absolute atomic E-state index is 0.136. The quantitative estimate of drug-likeness (QED) is 0.158. The molecular weight excluding hydrogens is 600 g/mol. The van der Waals surface area contributed by atoms with Crippen LogP contribution < -0.4 is 9.47 Å². The molecule has 1 heterocycles. The van der Waals surface area contributed by atoms with Gasteiger partial charge < -0.3 is 18.9 Å². The Morgan fingerprint density at radius 3 is 1.98 bits per heavy atom. The Hall–Kier alpha value is -3.15. The fraction of sp³-hybridized carbons (Fsp3) is 0.355. The highest BCUT2D eigenvalue weighted by molar-refractivity contribution is 8.29. The van der Waals surface area contributed by atoms with Crippen LogP contribution >= 0.6 is 35.7 Å². The number of allylic oxidation sites excluding steroid dienone is 1. The van der Waals surface area contributed by atoms with Crippen LogP contribution in [-0.2, 0) is 23.9 Å². The van der Waals surface area contributed by atoms with Crippen LogP contribution in [0.2, 0.25) is 0 Å². The number of thiocarbonyl (C=S) groups is 1. The number of esters is 2. The van der Waals surface area contributed by atoms with Crippen LogP contribution in [0.4, 0.5) is 4.39 Å². The predicted molar refractivity (Wildman–Crippen MR) is 166 cm³/mol. The topological polar surface area (TPSA) is 88.1 Å². The molecule has 0 saturated carbocycles. The summed E-state index contributed by atoms with van der Waals surface area (Å²) in [4.78, 5) is 40.3. The summed E-state index contributed by atoms with van der Waals surface area (Å²) in [7, 11) is 0. The van der Waals surface area contributed by atoms with E-state index in [1.165, 1.54) is 24.3 Å². The lowest BCUT2D eigenvalue weighted by Crippen LogP contribution is -2.41. The maximum Gasteiger partial charge on any atom is 0.346 e. The van der Waals surface area contributed by atoms with Gasteiger partial charge in [-0.25, -0.2) is 14.0 Å². The minimum Gasteiger partial charge on any atom is -0.494 e. The van der Waals surface area contributed by atoms with Gasteiger partial charge in [0.2, 0.25) is 0 Å². The summed E-state index contributed by atoms with van der Waals surface area (Å²) in [5, 5.41) is 0. The molecule has 0 spiro atoms. The Balaban J connectivity index is 1.80. The summed E-state index contributed by atoms with van der Waals surface area (Å²) in [6.45, 7) is 9.52. The summed E-state index contributed by atoms with van der Waals surface area (Å²) in [6, 6.07) is 10.9. The number of thioether (sulfide) groups is 2. The molecule has 7 nitrogen and oxygen atoms in total. The molecule has 0 N–H and O–H groups in total. The van der Waals surface area contributed by atoms with Gasteiger partial charge in [-0.2, -0.15) is 0 Å². The highest BCUT2D eigenvalue weighted by Crippen LogP contribution is 2.58. The molecule has 42 heavy (non-hydrogen) atoms. The molecule has 0 amide bonds. The molecule has 0 aromatic heterocycles. The number of rotatable bonds is 10. The highest BCUT2D eigenvalue weighted by Gasteiger charge is 2.48. The van der Waals surface area contributed by atoms with Crippen molar-refractivity contribution in [2.24, 2.45) is 5.41 Å². The molecule has 0 saturated heterocycles. The van der Waals surface area contributed by atoms with Gasteiger partial charge in [-0.1, -0.05) is 55.7 Å². The van der Waals surface area contributed by atoms with Crippen molar-refractivity contribution in [1.82, 2.24) is 0 Å². The number of hydrogen-bond donors (Lipinski definition) is 0. The van der Waals surface area contributed by atoms with E-state index in [-0.39, 0.29) is 35.4 Å². The molecule has 11 heteroatoms. The van der Waals surface area contributed by atoms with Gasteiger partial charge in [0.05, 0.1) is 30.0 Å². The number of ketones is 1. The molecular formula is C31H31FO7S3. The van der Waals surface area contributed by atoms with Crippen LogP contribution in [0.15, 0.2) is 56.5 Å². The zero-order valence-corrected chi connectivity index (χ0v) is 26.4. The molecule has 0 unspecified atom stereocenters. The Morgan fingerprint density at radius 2 is 1.43 bits per heavy atom. The third-order valence-electron chi connectivity index (χ3n) is 6.69. The molecule has 2 aromatic rings. The monoisotopic (exact) mass is 630 g/mol. The Kier molecular flexibility index (Phi) is 10.2. The van der Waals surface area contributed by atoms with E-state index < -0.39 is 29.1 Å². The molecule has 2 aliphatic rings. The van der Waals surface area contributed by atoms with E-state index in [1.54, 1.807) is 19.9 Å². The smallest absolute Gasteiger partial charge is 0.346 e. The Bertz CT molecular complexity index is 1450. The summed E-state index contributed by atoms with van der Waals surface area (Å²) in [6.07, 6.45) is 0. The van der Waals surface area contributed by atoms with Crippen molar-refractivity contribution in [3.63, 3.8) is 0 Å². The highest BCUT2D eigenvalue weighted by atomic mass is 32.2. The predicted octanol–water partition coefficient (Wildman–Crippen LogP) is 6.85. The van der Waals surface area contributed by atoms with Gasteiger partial charge in [0.25, 0.3) is 0 Å². The van der Waals surface area contributed by atoms with Crippen LogP contribution in [0.1, 0.15) is 51.7 Å². The van der Waals surface area contributed by atoms with Gasteiger partial charge in [-0.15, -0.1) is 0 Å². The van der Waals surface area contributed by atoms with Crippen LogP contribution in [0.3, 0.4) is 0 Å². The number of fused-ring (bicyclic) bond motifs is 1. The van der Waals surface area contributed by atoms with Gasteiger partial charge in [0.1, 0.15) is 33.7 Å². The Morgan fingerprint density at radius 1 is 0.857 bits per heavy atom. The van der Waals surface area contributed by atoms with Gasteiger partial charge in [-0.05, 0) is 68.3 Å². The van der Waals surface area contributed by atoms with Crippen LogP contribution in [0.25, 0.3) is 5.57 Å². The average Bonchev–Trinajstić information content (AvgIpc) is 3.39. The number of halogens is 1. The first-order valence-electron chi connectivity index (χ1n) is 13.4. The Labute approximate surface area is 258 Å². The summed E-state index contributed by atoms with van der Waals surface area (Å²) in [5.41, 5.74) is 1.19. The zero-order valence-electron chi connectivity index (χ0n) is 23.9. The van der Waals surface area contributed by atoms with Crippen LogP contribution in [0, 0.1) is 11.2 Å².